The van der Waals surface area contributed by atoms with Crippen LogP contribution in [0.3, 0.4) is 0 Å². The third-order valence-corrected chi connectivity index (χ3v) is 11.1. The second-order valence-electron chi connectivity index (χ2n) is 12.6. The summed E-state index contributed by atoms with van der Waals surface area (Å²) in [5, 5.41) is 0. The van der Waals surface area contributed by atoms with Crippen LogP contribution in [0.5, 0.6) is 0 Å². The highest BCUT2D eigenvalue weighted by Crippen LogP contribution is 2.57. The molecular weight excluding hydrogens is 683 g/mol. The molecule has 0 fully saturated rings. The van der Waals surface area contributed by atoms with E-state index in [0.29, 0.717) is 0 Å². The fraction of sp³-hybridized carbons (Fsp3) is 0.415. The molecule has 55 heavy (non-hydrogen) atoms. The minimum absolute atomic E-state index is 0.277. The predicted octanol–water partition coefficient (Wildman–Crippen LogP) is 17.0. The van der Waals surface area contributed by atoms with Crippen molar-refractivity contribution in [1.82, 2.24) is 0 Å². The maximum Gasteiger partial charge on any atom is 0.0601 e. The van der Waals surface area contributed by atoms with Crippen molar-refractivity contribution < 1.29 is 0 Å². The fourth-order valence-corrected chi connectivity index (χ4v) is 8.84. The summed E-state index contributed by atoms with van der Waals surface area (Å²) in [4.78, 5) is 7.78. The Bertz CT molecular complexity index is 1780. The highest BCUT2D eigenvalue weighted by Gasteiger charge is 2.46. The third-order valence-electron chi connectivity index (χ3n) is 9.70. The van der Waals surface area contributed by atoms with Gasteiger partial charge >= 0.3 is 0 Å². The molecule has 2 aromatic rings. The molecule has 0 saturated heterocycles. The number of hydrogen-bond donors (Lipinski definition) is 0. The van der Waals surface area contributed by atoms with Gasteiger partial charge in [0.25, 0.3) is 0 Å². The average Bonchev–Trinajstić information content (AvgIpc) is 3.75. The number of fused-ring (bicyclic) bond motifs is 3. The van der Waals surface area contributed by atoms with Crippen LogP contribution in [0, 0.1) is 0 Å². The summed E-state index contributed by atoms with van der Waals surface area (Å²) in [6.45, 7) is 30.9. The molecule has 2 heteroatoms. The molecule has 5 rings (SSSR count). The Hall–Kier alpha value is -4.01. The van der Waals surface area contributed by atoms with Gasteiger partial charge in [-0.3, -0.25) is 4.99 Å². The van der Waals surface area contributed by atoms with E-state index in [9.17, 15) is 0 Å². The van der Waals surface area contributed by atoms with E-state index >= 15 is 0 Å². The van der Waals surface area contributed by atoms with Crippen molar-refractivity contribution in [1.29, 1.82) is 0 Å². The quantitative estimate of drug-likeness (QED) is 0.143. The summed E-state index contributed by atoms with van der Waals surface area (Å²) < 4.78 is 0. The van der Waals surface area contributed by atoms with Crippen molar-refractivity contribution in [3.63, 3.8) is 0 Å². The number of hydrogen-bond acceptors (Lipinski definition) is 2. The van der Waals surface area contributed by atoms with E-state index in [0.717, 1.165) is 57.1 Å². The molecule has 1 unspecified atom stereocenters. The molecule has 0 spiro atoms. The topological polar surface area (TPSA) is 12.4 Å². The summed E-state index contributed by atoms with van der Waals surface area (Å²) in [7, 11) is 0. The van der Waals surface area contributed by atoms with Gasteiger partial charge in [-0.2, -0.15) is 0 Å². The van der Waals surface area contributed by atoms with Crippen LogP contribution in [-0.2, 0) is 24.7 Å². The zero-order valence-corrected chi connectivity index (χ0v) is 37.9. The first-order chi connectivity index (χ1) is 27.0. The van der Waals surface area contributed by atoms with E-state index in [1.807, 2.05) is 66.7 Å². The first-order valence-electron chi connectivity index (χ1n) is 21.5. The molecule has 1 aromatic heterocycles. The van der Waals surface area contributed by atoms with Crippen LogP contribution in [-0.4, -0.2) is 6.72 Å². The second-order valence-corrected chi connectivity index (χ2v) is 13.8. The smallest absolute Gasteiger partial charge is 0.0601 e. The van der Waals surface area contributed by atoms with Crippen LogP contribution < -0.4 is 0 Å². The van der Waals surface area contributed by atoms with Crippen LogP contribution in [0.4, 0.5) is 0 Å². The van der Waals surface area contributed by atoms with Crippen molar-refractivity contribution >= 4 is 35.3 Å². The van der Waals surface area contributed by atoms with Crippen molar-refractivity contribution in [2.75, 3.05) is 0 Å². The maximum atomic E-state index is 4.73. The number of allylic oxidation sites excluding steroid dienone is 18. The molecule has 0 amide bonds. The number of aliphatic imine (C=N–C) groups is 1. The molecule has 1 aromatic carbocycles. The first-order valence-corrected chi connectivity index (χ1v) is 22.3. The molecule has 298 valence electrons. The van der Waals surface area contributed by atoms with Crippen LogP contribution in [0.2, 0.25) is 0 Å². The summed E-state index contributed by atoms with van der Waals surface area (Å²) in [6, 6.07) is 7.14. The van der Waals surface area contributed by atoms with E-state index in [1.54, 1.807) is 4.88 Å². The van der Waals surface area contributed by atoms with Gasteiger partial charge in [-0.1, -0.05) is 166 Å². The van der Waals surface area contributed by atoms with Crippen LogP contribution in [0.1, 0.15) is 160 Å². The van der Waals surface area contributed by atoms with E-state index < -0.39 is 0 Å². The van der Waals surface area contributed by atoms with Gasteiger partial charge in [0.05, 0.1) is 11.1 Å². The normalized spacial score (nSPS) is 17.5. The summed E-state index contributed by atoms with van der Waals surface area (Å²) in [6.07, 6.45) is 41.9. The molecule has 0 N–H and O–H groups in total. The lowest BCUT2D eigenvalue weighted by molar-refractivity contribution is 0.528. The zero-order valence-electron chi connectivity index (χ0n) is 37.1. The predicted molar refractivity (Wildman–Crippen MR) is 256 cm³/mol. The number of nitrogens with zero attached hydrogens (tertiary/aromatic N) is 1. The lowest BCUT2D eigenvalue weighted by Gasteiger charge is -2.35. The van der Waals surface area contributed by atoms with Gasteiger partial charge in [0.1, 0.15) is 0 Å². The minimum atomic E-state index is -0.277. The van der Waals surface area contributed by atoms with Crippen LogP contribution in [0.25, 0.3) is 17.2 Å². The Morgan fingerprint density at radius 1 is 0.855 bits per heavy atom. The van der Waals surface area contributed by atoms with Gasteiger partial charge in [0.15, 0.2) is 0 Å². The molecule has 1 atom stereocenters. The monoisotopic (exact) mass is 758 g/mol. The Kier molecular flexibility index (Phi) is 24.6. The van der Waals surface area contributed by atoms with Crippen molar-refractivity contribution in [3.05, 3.63) is 158 Å². The number of aryl methyl sites for hydroxylation is 2. The molecular formula is C53H75NS. The molecule has 0 aliphatic heterocycles. The van der Waals surface area contributed by atoms with Crippen molar-refractivity contribution in [3.8, 4) is 0 Å². The fourth-order valence-electron chi connectivity index (χ4n) is 7.57. The third kappa shape index (κ3) is 12.0. The molecule has 3 aliphatic carbocycles. The van der Waals surface area contributed by atoms with Crippen LogP contribution >= 0.6 is 11.3 Å². The van der Waals surface area contributed by atoms with Crippen molar-refractivity contribution in [2.45, 2.75) is 147 Å². The van der Waals surface area contributed by atoms with E-state index in [4.69, 9.17) is 4.99 Å². The van der Waals surface area contributed by atoms with Gasteiger partial charge < -0.3 is 0 Å². The standard InChI is InChI=1S/C45H51NS.4C2H6/c1-7-11-13-14-19-31-45(43(46-6)28-12-8-2)39-26-18-17-24-36(39)37-30-29-34(32-40(37)45)23-16-15-22-33(5)35-25-20-27-42-44(35)38(21-9-3)41(10-4)47-42;4*1-2/h7-9,11-17,21-22,24-25,28-30,32H,6,10,18-20,23,26-27,31H2,1-5H3;4*1-2H3/b11-7-,12-8-,14-13-,16-15-,21-9-,33-22+,43-28-;;;;. The number of rotatable bonds is 13. The van der Waals surface area contributed by atoms with E-state index in [2.05, 4.69) is 151 Å². The molecule has 0 bridgehead atoms. The Balaban J connectivity index is 0.00000177. The Labute approximate surface area is 343 Å². The SMILES string of the molecule is C=N/C(=C\C=C/C)C1(CC/C=C\C=C/C)C2=C(C=CCC2)c2ccc(C/C=C\C=C(/C)C3=CCCc4sc(CC)c(/C=C\C)c43)cc21.CC.CC.CC.CC. The molecule has 1 nitrogen and oxygen atoms in total. The van der Waals surface area contributed by atoms with Crippen LogP contribution in [0.15, 0.2) is 125 Å². The molecule has 0 radical (unpaired) electrons. The van der Waals surface area contributed by atoms with Gasteiger partial charge in [-0.25, -0.2) is 0 Å². The van der Waals surface area contributed by atoms with Gasteiger partial charge in [0, 0.05) is 15.3 Å². The van der Waals surface area contributed by atoms with E-state index in [1.165, 1.54) is 55.0 Å². The molecule has 1 heterocycles. The molecule has 0 saturated carbocycles. The highest BCUT2D eigenvalue weighted by atomic mass is 32.1. The minimum Gasteiger partial charge on any atom is -0.268 e. The Morgan fingerprint density at radius 2 is 1.58 bits per heavy atom. The lowest BCUT2D eigenvalue weighted by atomic mass is 9.69. The largest absolute Gasteiger partial charge is 0.268 e. The van der Waals surface area contributed by atoms with E-state index in [-0.39, 0.29) is 5.41 Å². The first kappa shape index (κ1) is 49.0. The van der Waals surface area contributed by atoms with Gasteiger partial charge in [-0.05, 0) is 136 Å². The maximum absolute atomic E-state index is 4.73. The lowest BCUT2D eigenvalue weighted by Crippen LogP contribution is -2.29. The van der Waals surface area contributed by atoms with Gasteiger partial charge in [0.2, 0.25) is 0 Å². The van der Waals surface area contributed by atoms with Crippen molar-refractivity contribution in [2.24, 2.45) is 4.99 Å². The summed E-state index contributed by atoms with van der Waals surface area (Å²) in [5.74, 6) is 0. The zero-order chi connectivity index (χ0) is 41.2. The number of benzene rings is 1. The summed E-state index contributed by atoms with van der Waals surface area (Å²) in [5.41, 5.74) is 13.4. The number of thiophene rings is 1. The second kappa shape index (κ2) is 27.6. The highest BCUT2D eigenvalue weighted by molar-refractivity contribution is 7.12. The average molecular weight is 758 g/mol. The molecule has 3 aliphatic rings. The Morgan fingerprint density at radius 3 is 2.24 bits per heavy atom. The van der Waals surface area contributed by atoms with Gasteiger partial charge in [-0.15, -0.1) is 11.3 Å². The summed E-state index contributed by atoms with van der Waals surface area (Å²) >= 11 is 2.01.